The Kier molecular flexibility index (Phi) is 3.74. The fraction of sp³-hybridized carbons (Fsp3) is 0.167. The maximum Gasteiger partial charge on any atom is 0.229 e. The van der Waals surface area contributed by atoms with E-state index in [9.17, 15) is 0 Å². The van der Waals surface area contributed by atoms with Crippen LogP contribution in [-0.2, 0) is 6.42 Å². The lowest BCUT2D eigenvalue weighted by molar-refractivity contribution is 0.879. The van der Waals surface area contributed by atoms with E-state index >= 15 is 0 Å². The lowest BCUT2D eigenvalue weighted by Gasteiger charge is -2.04. The van der Waals surface area contributed by atoms with Crippen molar-refractivity contribution in [1.82, 2.24) is 24.7 Å². The number of aromatic amines is 1. The van der Waals surface area contributed by atoms with Crippen molar-refractivity contribution in [2.45, 2.75) is 20.3 Å². The smallest absolute Gasteiger partial charge is 0.229 e. The molecule has 24 heavy (non-hydrogen) atoms. The topological polar surface area (TPSA) is 59.4 Å². The van der Waals surface area contributed by atoms with Gasteiger partial charge in [0.2, 0.25) is 5.95 Å². The predicted octanol–water partition coefficient (Wildman–Crippen LogP) is 3.93. The van der Waals surface area contributed by atoms with Crippen molar-refractivity contribution in [1.29, 1.82) is 0 Å². The van der Waals surface area contributed by atoms with Crippen LogP contribution in [0.3, 0.4) is 0 Å². The molecule has 4 rings (SSSR count). The molecule has 0 saturated heterocycles. The monoisotopic (exact) mass is 335 g/mol. The number of benzene rings is 1. The van der Waals surface area contributed by atoms with Gasteiger partial charge < -0.3 is 0 Å². The van der Waals surface area contributed by atoms with E-state index in [1.54, 1.807) is 11.3 Å². The van der Waals surface area contributed by atoms with Gasteiger partial charge in [0.05, 0.1) is 10.7 Å². The molecule has 0 aliphatic rings. The molecule has 6 heteroatoms. The number of hydrogen-bond acceptors (Lipinski definition) is 4. The van der Waals surface area contributed by atoms with Gasteiger partial charge in [-0.05, 0) is 25.5 Å². The number of rotatable bonds is 4. The molecule has 5 nitrogen and oxygen atoms in total. The number of hydrogen-bond donors (Lipinski definition) is 1. The summed E-state index contributed by atoms with van der Waals surface area (Å²) in [4.78, 5) is 9.09. The maximum absolute atomic E-state index is 4.83. The summed E-state index contributed by atoms with van der Waals surface area (Å²) >= 11 is 1.70. The molecular formula is C18H17N5S. The second-order valence-electron chi connectivity index (χ2n) is 5.72. The summed E-state index contributed by atoms with van der Waals surface area (Å²) in [6.45, 7) is 4.15. The highest BCUT2D eigenvalue weighted by Crippen LogP contribution is 2.30. The third kappa shape index (κ3) is 2.65. The van der Waals surface area contributed by atoms with Crippen LogP contribution in [0.1, 0.15) is 22.0 Å². The van der Waals surface area contributed by atoms with Crippen molar-refractivity contribution in [2.75, 3.05) is 0 Å². The first-order valence-corrected chi connectivity index (χ1v) is 8.63. The summed E-state index contributed by atoms with van der Waals surface area (Å²) in [5, 5.41) is 10.1. The summed E-state index contributed by atoms with van der Waals surface area (Å²) in [7, 11) is 0. The fourth-order valence-corrected chi connectivity index (χ4v) is 3.77. The highest BCUT2D eigenvalue weighted by Gasteiger charge is 2.16. The molecule has 120 valence electrons. The minimum Gasteiger partial charge on any atom is -0.287 e. The van der Waals surface area contributed by atoms with Crippen molar-refractivity contribution in [3.63, 3.8) is 0 Å². The van der Waals surface area contributed by atoms with Gasteiger partial charge in [0.25, 0.3) is 0 Å². The molecule has 0 aliphatic carbocycles. The molecule has 3 heterocycles. The van der Waals surface area contributed by atoms with Gasteiger partial charge in [-0.3, -0.25) is 4.57 Å². The quantitative estimate of drug-likeness (QED) is 0.615. The lowest BCUT2D eigenvalue weighted by Crippen LogP contribution is -2.01. The van der Waals surface area contributed by atoms with Gasteiger partial charge in [-0.2, -0.15) is 10.1 Å². The fourth-order valence-electron chi connectivity index (χ4n) is 2.94. The molecule has 0 atom stereocenters. The Morgan fingerprint density at radius 3 is 2.75 bits per heavy atom. The molecule has 0 aliphatic heterocycles. The highest BCUT2D eigenvalue weighted by atomic mass is 32.1. The second kappa shape index (κ2) is 6.05. The van der Waals surface area contributed by atoms with Crippen LogP contribution in [0.25, 0.3) is 17.2 Å². The molecule has 0 fully saturated rings. The van der Waals surface area contributed by atoms with E-state index in [2.05, 4.69) is 69.3 Å². The first kappa shape index (κ1) is 14.8. The Labute approximate surface area is 144 Å². The average molecular weight is 335 g/mol. The number of aryl methyl sites for hydroxylation is 1. The van der Waals surface area contributed by atoms with E-state index in [-0.39, 0.29) is 0 Å². The number of aromatic nitrogens is 5. The number of H-pyrrole nitrogens is 1. The number of nitrogens with one attached hydrogen (secondary N) is 1. The zero-order chi connectivity index (χ0) is 16.5. The summed E-state index contributed by atoms with van der Waals surface area (Å²) in [6.07, 6.45) is 2.39. The minimum absolute atomic E-state index is 0.732. The Balaban J connectivity index is 1.67. The van der Waals surface area contributed by atoms with Gasteiger partial charge in [0, 0.05) is 28.8 Å². The van der Waals surface area contributed by atoms with Gasteiger partial charge in [-0.25, -0.2) is 10.1 Å². The molecule has 0 amide bonds. The number of thiazole rings is 1. The first-order valence-electron chi connectivity index (χ1n) is 7.76. The summed E-state index contributed by atoms with van der Waals surface area (Å²) in [5.74, 6) is 0.732. The summed E-state index contributed by atoms with van der Waals surface area (Å²) < 4.78 is 2.07. The Morgan fingerprint density at radius 2 is 2.00 bits per heavy atom. The third-order valence-corrected chi connectivity index (χ3v) is 4.92. The zero-order valence-electron chi connectivity index (χ0n) is 13.5. The van der Waals surface area contributed by atoms with Crippen LogP contribution in [0.2, 0.25) is 0 Å². The van der Waals surface area contributed by atoms with Crippen LogP contribution in [0.5, 0.6) is 0 Å². The standard InChI is InChI=1S/C18H17N5S/c1-12-8-15(13(2)23(12)18-19-11-20-22-18)16-10-24-17(21-16)9-14-6-4-3-5-7-14/h3-8,10-11H,9H2,1-2H3,(H,19,20,22). The van der Waals surface area contributed by atoms with Gasteiger partial charge >= 0.3 is 0 Å². The van der Waals surface area contributed by atoms with E-state index in [1.807, 2.05) is 6.07 Å². The van der Waals surface area contributed by atoms with Gasteiger partial charge in [0.15, 0.2) is 0 Å². The number of nitrogens with zero attached hydrogens (tertiary/aromatic N) is 4. The molecule has 1 N–H and O–H groups in total. The van der Waals surface area contributed by atoms with E-state index < -0.39 is 0 Å². The SMILES string of the molecule is Cc1cc(-c2csc(Cc3ccccc3)n2)c(C)n1-c1ncn[nH]1. The maximum atomic E-state index is 4.83. The summed E-state index contributed by atoms with van der Waals surface area (Å²) in [6, 6.07) is 12.6. The van der Waals surface area contributed by atoms with Crippen molar-refractivity contribution < 1.29 is 0 Å². The second-order valence-corrected chi connectivity index (χ2v) is 6.66. The third-order valence-electron chi connectivity index (χ3n) is 4.07. The summed E-state index contributed by atoms with van der Waals surface area (Å²) in [5.41, 5.74) is 5.66. The normalized spacial score (nSPS) is 11.1. The van der Waals surface area contributed by atoms with E-state index in [1.165, 1.54) is 11.9 Å². The van der Waals surface area contributed by atoms with Gasteiger partial charge in [-0.15, -0.1) is 11.3 Å². The van der Waals surface area contributed by atoms with Crippen molar-refractivity contribution in [3.05, 3.63) is 70.1 Å². The minimum atomic E-state index is 0.732. The molecule has 0 spiro atoms. The Hall–Kier alpha value is -2.73. The molecule has 4 aromatic rings. The zero-order valence-corrected chi connectivity index (χ0v) is 14.3. The molecule has 3 aromatic heterocycles. The van der Waals surface area contributed by atoms with Crippen LogP contribution < -0.4 is 0 Å². The largest absolute Gasteiger partial charge is 0.287 e. The molecule has 0 bridgehead atoms. The van der Waals surface area contributed by atoms with Gasteiger partial charge in [0.1, 0.15) is 6.33 Å². The molecule has 1 aromatic carbocycles. The highest BCUT2D eigenvalue weighted by molar-refractivity contribution is 7.10. The van der Waals surface area contributed by atoms with E-state index in [4.69, 9.17) is 4.98 Å². The van der Waals surface area contributed by atoms with Crippen molar-refractivity contribution >= 4 is 11.3 Å². The molecule has 0 radical (unpaired) electrons. The van der Waals surface area contributed by atoms with E-state index in [0.29, 0.717) is 0 Å². The molecular weight excluding hydrogens is 318 g/mol. The average Bonchev–Trinajstić information content (AvgIpc) is 3.30. The van der Waals surface area contributed by atoms with Crippen LogP contribution in [0.4, 0.5) is 0 Å². The first-order chi connectivity index (χ1) is 11.7. The molecule has 0 saturated carbocycles. The van der Waals surface area contributed by atoms with Gasteiger partial charge in [-0.1, -0.05) is 30.3 Å². The lowest BCUT2D eigenvalue weighted by atomic mass is 10.1. The van der Waals surface area contributed by atoms with Crippen LogP contribution in [0.15, 0.2) is 48.1 Å². The van der Waals surface area contributed by atoms with E-state index in [0.717, 1.165) is 40.0 Å². The Bertz CT molecular complexity index is 951. The van der Waals surface area contributed by atoms with Crippen molar-refractivity contribution in [2.24, 2.45) is 0 Å². The van der Waals surface area contributed by atoms with Crippen molar-refractivity contribution in [3.8, 4) is 17.2 Å². The predicted molar refractivity (Wildman–Crippen MR) is 95.5 cm³/mol. The Morgan fingerprint density at radius 1 is 1.17 bits per heavy atom. The van der Waals surface area contributed by atoms with Crippen LogP contribution in [-0.4, -0.2) is 24.7 Å². The molecule has 0 unspecified atom stereocenters. The van der Waals surface area contributed by atoms with Crippen LogP contribution >= 0.6 is 11.3 Å². The van der Waals surface area contributed by atoms with Crippen LogP contribution in [0, 0.1) is 13.8 Å².